The molecule has 1 N–H and O–H groups in total. The first-order chi connectivity index (χ1) is 7.67. The van der Waals surface area contributed by atoms with E-state index in [2.05, 4.69) is 19.9 Å². The molecule has 0 aliphatic rings. The monoisotopic (exact) mass is 238 g/mol. The average Bonchev–Trinajstić information content (AvgIpc) is 2.73. The van der Waals surface area contributed by atoms with E-state index in [9.17, 15) is 4.79 Å². The second-order valence-corrected chi connectivity index (χ2v) is 4.94. The number of thiophene rings is 1. The van der Waals surface area contributed by atoms with Gasteiger partial charge in [-0.3, -0.25) is 0 Å². The summed E-state index contributed by atoms with van der Waals surface area (Å²) in [6, 6.07) is 3.62. The van der Waals surface area contributed by atoms with E-state index >= 15 is 0 Å². The van der Waals surface area contributed by atoms with Crippen LogP contribution < -0.4 is 0 Å². The lowest BCUT2D eigenvalue weighted by atomic mass is 10.0. The molecule has 1 aromatic heterocycles. The SMILES string of the molecule is C/C=C(\CCC)CCc1ccc(C(=O)O)s1. The van der Waals surface area contributed by atoms with E-state index in [0.717, 1.165) is 24.1 Å². The summed E-state index contributed by atoms with van der Waals surface area (Å²) in [5.41, 5.74) is 1.47. The van der Waals surface area contributed by atoms with E-state index in [0.29, 0.717) is 4.88 Å². The predicted molar refractivity (Wildman–Crippen MR) is 68.3 cm³/mol. The van der Waals surface area contributed by atoms with Crippen LogP contribution in [0.15, 0.2) is 23.8 Å². The Morgan fingerprint density at radius 3 is 2.69 bits per heavy atom. The molecule has 16 heavy (non-hydrogen) atoms. The second-order valence-electron chi connectivity index (χ2n) is 3.77. The van der Waals surface area contributed by atoms with Gasteiger partial charge >= 0.3 is 5.97 Å². The maximum Gasteiger partial charge on any atom is 0.345 e. The number of hydrogen-bond acceptors (Lipinski definition) is 2. The van der Waals surface area contributed by atoms with Crippen molar-refractivity contribution in [3.63, 3.8) is 0 Å². The Balaban J connectivity index is 2.50. The van der Waals surface area contributed by atoms with Crippen molar-refractivity contribution in [1.82, 2.24) is 0 Å². The van der Waals surface area contributed by atoms with Crippen LogP contribution in [0.1, 0.15) is 47.7 Å². The molecule has 3 heteroatoms. The molecular formula is C13H18O2S. The van der Waals surface area contributed by atoms with E-state index in [-0.39, 0.29) is 0 Å². The molecule has 1 rings (SSSR count). The summed E-state index contributed by atoms with van der Waals surface area (Å²) in [5, 5.41) is 8.80. The van der Waals surface area contributed by atoms with Gasteiger partial charge in [-0.25, -0.2) is 4.79 Å². The summed E-state index contributed by atoms with van der Waals surface area (Å²) < 4.78 is 0. The van der Waals surface area contributed by atoms with Gasteiger partial charge in [0.05, 0.1) is 0 Å². The van der Waals surface area contributed by atoms with Crippen LogP contribution in [0, 0.1) is 0 Å². The van der Waals surface area contributed by atoms with Crippen LogP contribution in [-0.2, 0) is 6.42 Å². The average molecular weight is 238 g/mol. The van der Waals surface area contributed by atoms with Gasteiger partial charge in [-0.1, -0.05) is 25.0 Å². The molecular weight excluding hydrogens is 220 g/mol. The summed E-state index contributed by atoms with van der Waals surface area (Å²) in [5.74, 6) is -0.823. The van der Waals surface area contributed by atoms with Gasteiger partial charge in [-0.05, 0) is 38.3 Å². The lowest BCUT2D eigenvalue weighted by Crippen LogP contribution is -1.90. The fraction of sp³-hybridized carbons (Fsp3) is 0.462. The highest BCUT2D eigenvalue weighted by Gasteiger charge is 2.07. The van der Waals surface area contributed by atoms with Gasteiger partial charge in [0.15, 0.2) is 0 Å². The van der Waals surface area contributed by atoms with Crippen LogP contribution in [0.3, 0.4) is 0 Å². The molecule has 1 heterocycles. The Bertz CT molecular complexity index is 377. The van der Waals surface area contributed by atoms with Gasteiger partial charge in [0.1, 0.15) is 4.88 Å². The molecule has 1 aromatic rings. The molecule has 88 valence electrons. The zero-order chi connectivity index (χ0) is 12.0. The first-order valence-corrected chi connectivity index (χ1v) is 6.45. The highest BCUT2D eigenvalue weighted by Crippen LogP contribution is 2.21. The molecule has 0 amide bonds. The third kappa shape index (κ3) is 3.81. The van der Waals surface area contributed by atoms with Crippen molar-refractivity contribution in [2.45, 2.75) is 39.5 Å². The highest BCUT2D eigenvalue weighted by atomic mass is 32.1. The zero-order valence-corrected chi connectivity index (χ0v) is 10.6. The molecule has 2 nitrogen and oxygen atoms in total. The van der Waals surface area contributed by atoms with E-state index < -0.39 is 5.97 Å². The number of aromatic carboxylic acids is 1. The van der Waals surface area contributed by atoms with Gasteiger partial charge < -0.3 is 5.11 Å². The van der Waals surface area contributed by atoms with Crippen LogP contribution in [0.2, 0.25) is 0 Å². The fourth-order valence-corrected chi connectivity index (χ4v) is 2.49. The number of rotatable bonds is 6. The van der Waals surface area contributed by atoms with Crippen LogP contribution in [0.25, 0.3) is 0 Å². The summed E-state index contributed by atoms with van der Waals surface area (Å²) in [4.78, 5) is 12.3. The van der Waals surface area contributed by atoms with Gasteiger partial charge in [0.25, 0.3) is 0 Å². The van der Waals surface area contributed by atoms with Gasteiger partial charge in [-0.2, -0.15) is 0 Å². The minimum absolute atomic E-state index is 0.438. The number of carboxylic acid groups (broad SMARTS) is 1. The smallest absolute Gasteiger partial charge is 0.345 e. The quantitative estimate of drug-likeness (QED) is 0.757. The Hall–Kier alpha value is -1.09. The molecule has 0 aromatic carbocycles. The Morgan fingerprint density at radius 2 is 2.19 bits per heavy atom. The topological polar surface area (TPSA) is 37.3 Å². The van der Waals surface area contributed by atoms with Crippen molar-refractivity contribution < 1.29 is 9.90 Å². The Labute approximate surface area is 101 Å². The predicted octanol–water partition coefficient (Wildman–Crippen LogP) is 4.13. The van der Waals surface area contributed by atoms with E-state index in [1.807, 2.05) is 6.07 Å². The molecule has 0 aliphatic carbocycles. The Kier molecular flexibility index (Phi) is 5.26. The molecule has 0 saturated carbocycles. The normalized spacial score (nSPS) is 11.8. The highest BCUT2D eigenvalue weighted by molar-refractivity contribution is 7.13. The minimum Gasteiger partial charge on any atom is -0.477 e. The van der Waals surface area contributed by atoms with E-state index in [1.165, 1.54) is 23.3 Å². The third-order valence-electron chi connectivity index (χ3n) is 2.54. The maximum absolute atomic E-state index is 10.7. The lowest BCUT2D eigenvalue weighted by Gasteiger charge is -2.03. The van der Waals surface area contributed by atoms with Crippen LogP contribution in [0.4, 0.5) is 0 Å². The van der Waals surface area contributed by atoms with Crippen molar-refractivity contribution in [3.05, 3.63) is 33.5 Å². The number of hydrogen-bond donors (Lipinski definition) is 1. The molecule has 0 atom stereocenters. The van der Waals surface area contributed by atoms with E-state index in [1.54, 1.807) is 6.07 Å². The summed E-state index contributed by atoms with van der Waals surface area (Å²) in [6.45, 7) is 4.25. The maximum atomic E-state index is 10.7. The van der Waals surface area contributed by atoms with Gasteiger partial charge in [-0.15, -0.1) is 11.3 Å². The number of carboxylic acids is 1. The largest absolute Gasteiger partial charge is 0.477 e. The van der Waals surface area contributed by atoms with Crippen molar-refractivity contribution in [1.29, 1.82) is 0 Å². The molecule has 0 aliphatic heterocycles. The zero-order valence-electron chi connectivity index (χ0n) is 9.82. The second kappa shape index (κ2) is 6.48. The van der Waals surface area contributed by atoms with Gasteiger partial charge in [0, 0.05) is 4.88 Å². The summed E-state index contributed by atoms with van der Waals surface area (Å²) in [6.07, 6.45) is 6.49. The molecule has 0 bridgehead atoms. The molecule has 0 radical (unpaired) electrons. The molecule has 0 saturated heterocycles. The number of carbonyl (C=O) groups is 1. The summed E-state index contributed by atoms with van der Waals surface area (Å²) in [7, 11) is 0. The number of aryl methyl sites for hydroxylation is 1. The van der Waals surface area contributed by atoms with Gasteiger partial charge in [0.2, 0.25) is 0 Å². The third-order valence-corrected chi connectivity index (χ3v) is 3.68. The summed E-state index contributed by atoms with van der Waals surface area (Å²) >= 11 is 1.38. The first kappa shape index (κ1) is 13.0. The lowest BCUT2D eigenvalue weighted by molar-refractivity contribution is 0.0702. The van der Waals surface area contributed by atoms with Crippen LogP contribution in [0.5, 0.6) is 0 Å². The van der Waals surface area contributed by atoms with Crippen molar-refractivity contribution in [2.75, 3.05) is 0 Å². The van der Waals surface area contributed by atoms with Crippen molar-refractivity contribution >= 4 is 17.3 Å². The molecule has 0 spiro atoms. The van der Waals surface area contributed by atoms with Crippen LogP contribution in [-0.4, -0.2) is 11.1 Å². The molecule has 0 fully saturated rings. The van der Waals surface area contributed by atoms with Crippen molar-refractivity contribution in [3.8, 4) is 0 Å². The molecule has 0 unspecified atom stereocenters. The first-order valence-electron chi connectivity index (χ1n) is 5.63. The van der Waals surface area contributed by atoms with E-state index in [4.69, 9.17) is 5.11 Å². The standard InChI is InChI=1S/C13H18O2S/c1-3-5-10(4-2)6-7-11-8-9-12(16-11)13(14)15/h4,8-9H,3,5-7H2,1-2H3,(H,14,15)/b10-4+. The number of allylic oxidation sites excluding steroid dienone is 2. The minimum atomic E-state index is -0.823. The fourth-order valence-electron chi connectivity index (χ4n) is 1.65. The van der Waals surface area contributed by atoms with Crippen molar-refractivity contribution in [2.24, 2.45) is 0 Å². The Morgan fingerprint density at radius 1 is 1.44 bits per heavy atom. The van der Waals surface area contributed by atoms with Crippen LogP contribution >= 0.6 is 11.3 Å².